The predicted octanol–water partition coefficient (Wildman–Crippen LogP) is 11.4. The van der Waals surface area contributed by atoms with Crippen molar-refractivity contribution in [3.05, 3.63) is 152 Å². The van der Waals surface area contributed by atoms with Crippen molar-refractivity contribution in [3.63, 3.8) is 0 Å². The van der Waals surface area contributed by atoms with Gasteiger partial charge in [0.2, 0.25) is 0 Å². The first-order valence-electron chi connectivity index (χ1n) is 16.9. The fourth-order valence-corrected chi connectivity index (χ4v) is 8.42. The lowest BCUT2D eigenvalue weighted by Crippen LogP contribution is -1.94. The molecule has 0 bridgehead atoms. The van der Waals surface area contributed by atoms with Crippen LogP contribution in [0, 0.1) is 0 Å². The molecule has 11 rings (SSSR count). The zero-order valence-corrected chi connectivity index (χ0v) is 27.7. The number of fused-ring (bicyclic) bond motifs is 13. The lowest BCUT2D eigenvalue weighted by atomic mass is 10.1. The lowest BCUT2D eigenvalue weighted by Gasteiger charge is -2.08. The standard InChI is InChI=1S/C25H18N2.C20H16N2/c1-26-22-11-5-2-10-20(22)21-16-17(14-15-23(21)26)27-24-12-6-3-8-18(24)19-9-4-7-13-25(19)27;1-21-17-9-5-3-7-13(17)15-11-12-16-14-8-4-6-10-18(14)22(2)20(16)19(15)21/h2-16H,1H3;3-12H,1-2H3. The highest BCUT2D eigenvalue weighted by molar-refractivity contribution is 6.22. The van der Waals surface area contributed by atoms with Gasteiger partial charge < -0.3 is 18.3 Å². The second-order valence-corrected chi connectivity index (χ2v) is 13.2. The number of benzene rings is 7. The van der Waals surface area contributed by atoms with Crippen LogP contribution in [0.5, 0.6) is 0 Å². The molecule has 4 nitrogen and oxygen atoms in total. The van der Waals surface area contributed by atoms with E-state index in [1.807, 2.05) is 0 Å². The molecule has 4 aromatic heterocycles. The van der Waals surface area contributed by atoms with E-state index in [1.54, 1.807) is 0 Å². The van der Waals surface area contributed by atoms with E-state index >= 15 is 0 Å². The molecule has 0 radical (unpaired) electrons. The SMILES string of the molecule is Cn1c2ccccc2c2cc(-n3c4ccccc4c4ccccc43)ccc21.Cn1c2ccccc2c2ccc3c4ccccc4n(C)c3c21. The maximum atomic E-state index is 2.38. The Balaban J connectivity index is 0.000000127. The minimum atomic E-state index is 1.20. The molecule has 0 saturated heterocycles. The maximum absolute atomic E-state index is 2.38. The van der Waals surface area contributed by atoms with Crippen LogP contribution in [-0.4, -0.2) is 18.3 Å². The summed E-state index contributed by atoms with van der Waals surface area (Å²) in [5.74, 6) is 0. The van der Waals surface area contributed by atoms with Crippen LogP contribution in [0.25, 0.3) is 92.9 Å². The summed E-state index contributed by atoms with van der Waals surface area (Å²) in [5, 5.41) is 10.5. The van der Waals surface area contributed by atoms with E-state index in [-0.39, 0.29) is 0 Å². The number of aromatic nitrogens is 4. The van der Waals surface area contributed by atoms with E-state index in [2.05, 4.69) is 191 Å². The Kier molecular flexibility index (Phi) is 5.89. The van der Waals surface area contributed by atoms with E-state index < -0.39 is 0 Å². The first-order valence-corrected chi connectivity index (χ1v) is 16.9. The summed E-state index contributed by atoms with van der Waals surface area (Å²) in [5.41, 5.74) is 11.4. The molecule has 11 aromatic rings. The van der Waals surface area contributed by atoms with Crippen LogP contribution in [0.2, 0.25) is 0 Å². The predicted molar refractivity (Wildman–Crippen MR) is 209 cm³/mol. The van der Waals surface area contributed by atoms with E-state index in [0.29, 0.717) is 0 Å². The molecular formula is C45H34N4. The van der Waals surface area contributed by atoms with Crippen molar-refractivity contribution >= 4 is 87.2 Å². The van der Waals surface area contributed by atoms with E-state index in [0.717, 1.165) is 0 Å². The van der Waals surface area contributed by atoms with Crippen molar-refractivity contribution in [2.24, 2.45) is 21.1 Å². The molecule has 0 unspecified atom stereocenters. The summed E-state index contributed by atoms with van der Waals surface area (Å²) in [7, 11) is 6.48. The molecule has 0 spiro atoms. The van der Waals surface area contributed by atoms with Gasteiger partial charge >= 0.3 is 0 Å². The zero-order chi connectivity index (χ0) is 32.8. The monoisotopic (exact) mass is 630 g/mol. The molecule has 4 heteroatoms. The van der Waals surface area contributed by atoms with E-state index in [4.69, 9.17) is 0 Å². The highest BCUT2D eigenvalue weighted by Gasteiger charge is 2.17. The molecule has 49 heavy (non-hydrogen) atoms. The summed E-state index contributed by atoms with van der Waals surface area (Å²) in [4.78, 5) is 0. The van der Waals surface area contributed by atoms with E-state index in [9.17, 15) is 0 Å². The number of aryl methyl sites for hydroxylation is 3. The second-order valence-electron chi connectivity index (χ2n) is 13.2. The third-order valence-electron chi connectivity index (χ3n) is 10.7. The van der Waals surface area contributed by atoms with Crippen molar-refractivity contribution in [2.75, 3.05) is 0 Å². The van der Waals surface area contributed by atoms with Crippen LogP contribution >= 0.6 is 0 Å². The van der Waals surface area contributed by atoms with Crippen LogP contribution in [-0.2, 0) is 21.1 Å². The number of hydrogen-bond donors (Lipinski definition) is 0. The smallest absolute Gasteiger partial charge is 0.0736 e. The molecule has 0 aliphatic carbocycles. The van der Waals surface area contributed by atoms with Crippen molar-refractivity contribution in [1.29, 1.82) is 0 Å². The quantitative estimate of drug-likeness (QED) is 0.172. The van der Waals surface area contributed by atoms with Crippen LogP contribution in [0.1, 0.15) is 0 Å². The zero-order valence-electron chi connectivity index (χ0n) is 27.7. The van der Waals surface area contributed by atoms with Crippen molar-refractivity contribution in [1.82, 2.24) is 18.3 Å². The number of hydrogen-bond acceptors (Lipinski definition) is 0. The van der Waals surface area contributed by atoms with E-state index in [1.165, 1.54) is 92.9 Å². The first-order chi connectivity index (χ1) is 24.1. The number of nitrogens with zero attached hydrogens (tertiary/aromatic N) is 4. The fraction of sp³-hybridized carbons (Fsp3) is 0.0667. The van der Waals surface area contributed by atoms with Gasteiger partial charge in [-0.15, -0.1) is 0 Å². The van der Waals surface area contributed by atoms with Gasteiger partial charge in [0, 0.05) is 92.0 Å². The highest BCUT2D eigenvalue weighted by Crippen LogP contribution is 2.38. The Morgan fingerprint density at radius 2 is 0.633 bits per heavy atom. The first kappa shape index (κ1) is 27.8. The summed E-state index contributed by atoms with van der Waals surface area (Å²) in [6.45, 7) is 0. The fourth-order valence-electron chi connectivity index (χ4n) is 8.42. The third-order valence-corrected chi connectivity index (χ3v) is 10.7. The van der Waals surface area contributed by atoms with Gasteiger partial charge in [0.1, 0.15) is 0 Å². The average Bonchev–Trinajstić information content (AvgIpc) is 3.84. The van der Waals surface area contributed by atoms with Crippen LogP contribution in [0.4, 0.5) is 0 Å². The second kappa shape index (κ2) is 10.4. The van der Waals surface area contributed by atoms with Gasteiger partial charge in [-0.2, -0.15) is 0 Å². The van der Waals surface area contributed by atoms with Gasteiger partial charge in [-0.25, -0.2) is 0 Å². The Morgan fingerprint density at radius 1 is 0.286 bits per heavy atom. The maximum Gasteiger partial charge on any atom is 0.0736 e. The minimum absolute atomic E-state index is 1.20. The molecule has 0 fully saturated rings. The molecule has 7 aromatic carbocycles. The molecule has 234 valence electrons. The van der Waals surface area contributed by atoms with Crippen molar-refractivity contribution < 1.29 is 0 Å². The number of rotatable bonds is 1. The van der Waals surface area contributed by atoms with Crippen molar-refractivity contribution in [2.45, 2.75) is 0 Å². The average molecular weight is 631 g/mol. The topological polar surface area (TPSA) is 19.7 Å². The van der Waals surface area contributed by atoms with Gasteiger partial charge in [-0.05, 0) is 48.5 Å². The molecule has 0 saturated carbocycles. The Hall–Kier alpha value is -6.26. The number of para-hydroxylation sites is 5. The third kappa shape index (κ3) is 3.86. The summed E-state index contributed by atoms with van der Waals surface area (Å²) in [6, 6.07) is 54.6. The molecule has 0 amide bonds. The van der Waals surface area contributed by atoms with Crippen LogP contribution in [0.15, 0.2) is 152 Å². The van der Waals surface area contributed by atoms with Gasteiger partial charge in [-0.3, -0.25) is 0 Å². The molecule has 4 heterocycles. The van der Waals surface area contributed by atoms with Crippen molar-refractivity contribution in [3.8, 4) is 5.69 Å². The molecule has 0 N–H and O–H groups in total. The molecule has 0 atom stereocenters. The highest BCUT2D eigenvalue weighted by atomic mass is 15.0. The lowest BCUT2D eigenvalue weighted by molar-refractivity contribution is 0.986. The largest absolute Gasteiger partial charge is 0.344 e. The van der Waals surface area contributed by atoms with Gasteiger partial charge in [-0.1, -0.05) is 103 Å². The summed E-state index contributed by atoms with van der Waals surface area (Å²) < 4.78 is 9.31. The van der Waals surface area contributed by atoms with Gasteiger partial charge in [0.15, 0.2) is 0 Å². The molecular weight excluding hydrogens is 597 g/mol. The Labute approximate surface area is 283 Å². The molecule has 0 aliphatic heterocycles. The summed E-state index contributed by atoms with van der Waals surface area (Å²) in [6.07, 6.45) is 0. The van der Waals surface area contributed by atoms with Crippen LogP contribution < -0.4 is 0 Å². The van der Waals surface area contributed by atoms with Gasteiger partial charge in [0.25, 0.3) is 0 Å². The van der Waals surface area contributed by atoms with Gasteiger partial charge in [0.05, 0.1) is 22.1 Å². The van der Waals surface area contributed by atoms with Crippen LogP contribution in [0.3, 0.4) is 0 Å². The Bertz CT molecular complexity index is 2940. The Morgan fingerprint density at radius 3 is 1.10 bits per heavy atom. The minimum Gasteiger partial charge on any atom is -0.344 e. The normalized spacial score (nSPS) is 12.0. The molecule has 0 aliphatic rings. The summed E-state index contributed by atoms with van der Waals surface area (Å²) >= 11 is 0.